The minimum Gasteiger partial charge on any atom is -0.491 e. The van der Waals surface area contributed by atoms with Gasteiger partial charge in [0.15, 0.2) is 5.76 Å². The summed E-state index contributed by atoms with van der Waals surface area (Å²) in [4.78, 5) is 36.9. The van der Waals surface area contributed by atoms with Crippen LogP contribution in [0.15, 0.2) is 27.8 Å². The van der Waals surface area contributed by atoms with Gasteiger partial charge < -0.3 is 33.8 Å². The number of urea groups is 1. The van der Waals surface area contributed by atoms with Gasteiger partial charge in [0.2, 0.25) is 5.88 Å². The van der Waals surface area contributed by atoms with Crippen molar-refractivity contribution in [1.82, 2.24) is 24.8 Å². The summed E-state index contributed by atoms with van der Waals surface area (Å²) < 4.78 is 16.7. The maximum atomic E-state index is 13.6. The summed E-state index contributed by atoms with van der Waals surface area (Å²) in [5, 5.41) is 13.4. The number of aromatic nitrogens is 2. The predicted molar refractivity (Wildman–Crippen MR) is 137 cm³/mol. The fraction of sp³-hybridized carbons (Fsp3) is 0.571. The van der Waals surface area contributed by atoms with E-state index >= 15 is 0 Å². The highest BCUT2D eigenvalue weighted by molar-refractivity contribution is 5.95. The van der Waals surface area contributed by atoms with Gasteiger partial charge in [0.05, 0.1) is 18.7 Å². The number of aromatic hydroxyl groups is 1. The molecule has 206 valence electrons. The maximum absolute atomic E-state index is 13.6. The molecule has 1 aliphatic carbocycles. The molecule has 0 aromatic carbocycles. The number of hydrogen-bond donors (Lipinski definition) is 1. The number of fused-ring (bicyclic) bond motifs is 1. The van der Waals surface area contributed by atoms with Crippen LogP contribution in [0.3, 0.4) is 0 Å². The summed E-state index contributed by atoms with van der Waals surface area (Å²) in [5.74, 6) is 1.85. The Morgan fingerprint density at radius 1 is 0.974 bits per heavy atom. The Balaban J connectivity index is 0.977. The summed E-state index contributed by atoms with van der Waals surface area (Å²) >= 11 is 0. The first-order valence-electron chi connectivity index (χ1n) is 13.9. The van der Waals surface area contributed by atoms with Gasteiger partial charge in [0.25, 0.3) is 11.8 Å². The van der Waals surface area contributed by atoms with Crippen LogP contribution in [0, 0.1) is 5.92 Å². The number of nitrogens with zero attached hydrogens (tertiary/aromatic N) is 5. The van der Waals surface area contributed by atoms with Crippen LogP contribution in [0.2, 0.25) is 0 Å². The van der Waals surface area contributed by atoms with E-state index in [1.807, 2.05) is 15.9 Å². The van der Waals surface area contributed by atoms with Crippen LogP contribution in [0.1, 0.15) is 59.0 Å². The van der Waals surface area contributed by atoms with Crippen molar-refractivity contribution in [2.24, 2.45) is 5.92 Å². The highest BCUT2D eigenvalue weighted by Gasteiger charge is 2.38. The summed E-state index contributed by atoms with van der Waals surface area (Å²) in [6, 6.07) is 3.67. The monoisotopic (exact) mass is 535 g/mol. The van der Waals surface area contributed by atoms with Gasteiger partial charge in [-0.05, 0) is 60.4 Å². The van der Waals surface area contributed by atoms with Crippen molar-refractivity contribution >= 4 is 11.9 Å². The van der Waals surface area contributed by atoms with Gasteiger partial charge in [0, 0.05) is 69.2 Å². The second-order valence-electron chi connectivity index (χ2n) is 11.3. The molecule has 11 nitrogen and oxygen atoms in total. The normalized spacial score (nSPS) is 21.4. The number of hydrogen-bond acceptors (Lipinski definition) is 8. The van der Waals surface area contributed by atoms with Crippen LogP contribution in [-0.2, 0) is 17.7 Å². The summed E-state index contributed by atoms with van der Waals surface area (Å²) in [6.45, 7) is 5.04. The lowest BCUT2D eigenvalue weighted by Crippen LogP contribution is -2.45. The van der Waals surface area contributed by atoms with E-state index < -0.39 is 0 Å². The molecule has 0 atom stereocenters. The number of pyridine rings is 1. The third-order valence-corrected chi connectivity index (χ3v) is 8.54. The van der Waals surface area contributed by atoms with Crippen LogP contribution in [0.5, 0.6) is 11.8 Å². The van der Waals surface area contributed by atoms with E-state index in [4.69, 9.17) is 19.0 Å². The molecule has 5 aliphatic rings. The average Bonchev–Trinajstić information content (AvgIpc) is 3.49. The van der Waals surface area contributed by atoms with Crippen molar-refractivity contribution in [3.8, 4) is 11.8 Å². The fourth-order valence-corrected chi connectivity index (χ4v) is 6.04. The molecule has 6 heterocycles. The molecule has 1 saturated heterocycles. The Morgan fingerprint density at radius 2 is 1.72 bits per heavy atom. The third-order valence-electron chi connectivity index (χ3n) is 8.54. The molecule has 7 rings (SSSR count). The SMILES string of the molecule is O=C(c1cc(OCC2CCOCC2)nc(C2CC2)c1)N1CC2=C(C1)CN(C(=O)N1CCc3c(O)noc3C1)C2. The molecule has 2 fully saturated rings. The first-order chi connectivity index (χ1) is 19.0. The van der Waals surface area contributed by atoms with Gasteiger partial charge in [-0.25, -0.2) is 9.78 Å². The highest BCUT2D eigenvalue weighted by Crippen LogP contribution is 2.40. The molecule has 1 N–H and O–H groups in total. The lowest BCUT2D eigenvalue weighted by molar-refractivity contribution is 0.0490. The van der Waals surface area contributed by atoms with Gasteiger partial charge in [-0.2, -0.15) is 0 Å². The Hall–Kier alpha value is -3.60. The average molecular weight is 536 g/mol. The predicted octanol–water partition coefficient (Wildman–Crippen LogP) is 2.70. The van der Waals surface area contributed by atoms with Crippen molar-refractivity contribution in [3.05, 3.63) is 45.9 Å². The number of carbonyl (C=O) groups excluding carboxylic acids is 2. The standard InChI is InChI=1S/C28H33N5O6/c34-26-22-3-6-31(15-24(22)39-30-26)28(36)33-13-20-11-32(12-21(20)14-33)27(35)19-9-23(18-1-2-18)29-25(10-19)38-16-17-4-7-37-8-5-17/h9-10,17-18H,1-8,11-16H2,(H,30,34). The van der Waals surface area contributed by atoms with Crippen LogP contribution in [0.4, 0.5) is 4.79 Å². The summed E-state index contributed by atoms with van der Waals surface area (Å²) in [5.41, 5.74) is 4.54. The Bertz CT molecular complexity index is 1310. The second kappa shape index (κ2) is 9.86. The lowest BCUT2D eigenvalue weighted by Gasteiger charge is -2.31. The molecule has 0 unspecified atom stereocenters. The Labute approximate surface area is 226 Å². The van der Waals surface area contributed by atoms with Crippen LogP contribution < -0.4 is 4.74 Å². The van der Waals surface area contributed by atoms with Crippen molar-refractivity contribution in [1.29, 1.82) is 0 Å². The number of amides is 3. The molecule has 11 heteroatoms. The molecular formula is C28H33N5O6. The third kappa shape index (κ3) is 4.84. The second-order valence-corrected chi connectivity index (χ2v) is 11.3. The van der Waals surface area contributed by atoms with Crippen molar-refractivity contribution in [2.45, 2.75) is 44.6 Å². The van der Waals surface area contributed by atoms with Crippen molar-refractivity contribution < 1.29 is 28.7 Å². The molecule has 3 amide bonds. The minimum atomic E-state index is -0.0832. The molecule has 0 radical (unpaired) electrons. The Kier molecular flexibility index (Phi) is 6.18. The zero-order valence-corrected chi connectivity index (χ0v) is 21.9. The van der Waals surface area contributed by atoms with Crippen LogP contribution >= 0.6 is 0 Å². The molecule has 2 aromatic rings. The highest BCUT2D eigenvalue weighted by atomic mass is 16.5. The minimum absolute atomic E-state index is 0.0174. The van der Waals surface area contributed by atoms with E-state index in [-0.39, 0.29) is 17.8 Å². The quantitative estimate of drug-likeness (QED) is 0.580. The van der Waals surface area contributed by atoms with Gasteiger partial charge in [0.1, 0.15) is 0 Å². The smallest absolute Gasteiger partial charge is 0.321 e. The lowest BCUT2D eigenvalue weighted by atomic mass is 10.0. The van der Waals surface area contributed by atoms with E-state index in [0.29, 0.717) is 86.9 Å². The molecular weight excluding hydrogens is 502 g/mol. The van der Waals surface area contributed by atoms with E-state index in [9.17, 15) is 14.7 Å². The van der Waals surface area contributed by atoms with Crippen molar-refractivity contribution in [2.75, 3.05) is 52.5 Å². The van der Waals surface area contributed by atoms with Gasteiger partial charge in [-0.3, -0.25) is 4.79 Å². The molecule has 2 aromatic heterocycles. The van der Waals surface area contributed by atoms with E-state index in [1.54, 1.807) is 11.0 Å². The Morgan fingerprint density at radius 3 is 2.46 bits per heavy atom. The fourth-order valence-electron chi connectivity index (χ4n) is 6.04. The number of carbonyl (C=O) groups is 2. The number of rotatable bonds is 5. The van der Waals surface area contributed by atoms with Gasteiger partial charge in [-0.15, -0.1) is 0 Å². The topological polar surface area (TPSA) is 121 Å². The summed E-state index contributed by atoms with van der Waals surface area (Å²) in [6.07, 6.45) is 4.70. The van der Waals surface area contributed by atoms with Gasteiger partial charge >= 0.3 is 6.03 Å². The first kappa shape index (κ1) is 24.4. The van der Waals surface area contributed by atoms with E-state index in [2.05, 4.69) is 5.16 Å². The van der Waals surface area contributed by atoms with Crippen LogP contribution in [-0.4, -0.2) is 94.4 Å². The van der Waals surface area contributed by atoms with E-state index in [1.165, 1.54) is 0 Å². The summed E-state index contributed by atoms with van der Waals surface area (Å²) in [7, 11) is 0. The van der Waals surface area contributed by atoms with Crippen molar-refractivity contribution in [3.63, 3.8) is 0 Å². The maximum Gasteiger partial charge on any atom is 0.321 e. The molecule has 39 heavy (non-hydrogen) atoms. The van der Waals surface area contributed by atoms with E-state index in [0.717, 1.165) is 55.7 Å². The molecule has 0 spiro atoms. The molecule has 0 bridgehead atoms. The molecule has 1 saturated carbocycles. The molecule has 4 aliphatic heterocycles. The zero-order chi connectivity index (χ0) is 26.5. The van der Waals surface area contributed by atoms with Crippen LogP contribution in [0.25, 0.3) is 0 Å². The largest absolute Gasteiger partial charge is 0.491 e. The number of ether oxygens (including phenoxy) is 2. The first-order valence-corrected chi connectivity index (χ1v) is 13.9. The van der Waals surface area contributed by atoms with Gasteiger partial charge in [-0.1, -0.05) is 0 Å². The zero-order valence-electron chi connectivity index (χ0n) is 21.9.